The molecular weight excluding hydrogens is 329 g/mol. The van der Waals surface area contributed by atoms with Crippen LogP contribution >= 0.6 is 15.9 Å². The van der Waals surface area contributed by atoms with Crippen LogP contribution in [0.4, 0.5) is 10.1 Å². The SMILES string of the molecule is Cc1ccc(F)cc1CS(=O)c1cc(Br)ccc1N. The lowest BCUT2D eigenvalue weighted by molar-refractivity contribution is 0.625. The first kappa shape index (κ1) is 14.2. The lowest BCUT2D eigenvalue weighted by Crippen LogP contribution is -2.02. The number of halogens is 2. The Morgan fingerprint density at radius 2 is 2.00 bits per heavy atom. The molecule has 0 aliphatic carbocycles. The maximum atomic E-state index is 13.2. The highest BCUT2D eigenvalue weighted by Gasteiger charge is 2.11. The van der Waals surface area contributed by atoms with E-state index in [-0.39, 0.29) is 11.6 Å². The molecule has 2 aromatic rings. The molecule has 0 aliphatic heterocycles. The fourth-order valence-corrected chi connectivity index (χ4v) is 3.57. The summed E-state index contributed by atoms with van der Waals surface area (Å²) in [5.74, 6) is -0.0654. The summed E-state index contributed by atoms with van der Waals surface area (Å²) in [5.41, 5.74) is 7.96. The van der Waals surface area contributed by atoms with Crippen molar-refractivity contribution in [2.24, 2.45) is 0 Å². The third-order valence-electron chi connectivity index (χ3n) is 2.82. The molecule has 0 heterocycles. The van der Waals surface area contributed by atoms with Crippen LogP contribution in [0.2, 0.25) is 0 Å². The van der Waals surface area contributed by atoms with Gasteiger partial charge in [-0.05, 0) is 48.4 Å². The van der Waals surface area contributed by atoms with Crippen LogP contribution in [-0.4, -0.2) is 4.21 Å². The van der Waals surface area contributed by atoms with Crippen LogP contribution in [0.25, 0.3) is 0 Å². The summed E-state index contributed by atoms with van der Waals surface area (Å²) in [6.07, 6.45) is 0. The molecule has 0 spiro atoms. The van der Waals surface area contributed by atoms with Crippen molar-refractivity contribution >= 4 is 32.4 Å². The van der Waals surface area contributed by atoms with Gasteiger partial charge >= 0.3 is 0 Å². The predicted octanol–water partition coefficient (Wildman–Crippen LogP) is 3.79. The zero-order valence-corrected chi connectivity index (χ0v) is 12.7. The monoisotopic (exact) mass is 341 g/mol. The first-order chi connectivity index (χ1) is 8.97. The normalized spacial score (nSPS) is 12.4. The number of aryl methyl sites for hydroxylation is 1. The summed E-state index contributed by atoms with van der Waals surface area (Å²) in [6.45, 7) is 1.87. The Labute approximate surface area is 122 Å². The van der Waals surface area contributed by atoms with Gasteiger partial charge in [-0.15, -0.1) is 0 Å². The van der Waals surface area contributed by atoms with Crippen molar-refractivity contribution in [2.75, 3.05) is 5.73 Å². The van der Waals surface area contributed by atoms with Gasteiger partial charge < -0.3 is 5.73 Å². The molecule has 0 aliphatic rings. The van der Waals surface area contributed by atoms with Crippen molar-refractivity contribution in [3.05, 3.63) is 57.8 Å². The summed E-state index contributed by atoms with van der Waals surface area (Å²) in [6, 6.07) is 9.74. The van der Waals surface area contributed by atoms with Crippen LogP contribution in [0.5, 0.6) is 0 Å². The number of rotatable bonds is 3. The fraction of sp³-hybridized carbons (Fsp3) is 0.143. The average Bonchev–Trinajstić information content (AvgIpc) is 2.36. The third kappa shape index (κ3) is 3.42. The number of nitrogen functional groups attached to an aromatic ring is 1. The molecule has 2 N–H and O–H groups in total. The molecule has 1 unspecified atom stereocenters. The van der Waals surface area contributed by atoms with Gasteiger partial charge in [0.15, 0.2) is 0 Å². The maximum absolute atomic E-state index is 13.2. The van der Waals surface area contributed by atoms with Gasteiger partial charge in [0.05, 0.1) is 21.4 Å². The van der Waals surface area contributed by atoms with E-state index in [1.54, 1.807) is 24.3 Å². The van der Waals surface area contributed by atoms with Crippen LogP contribution in [0.1, 0.15) is 11.1 Å². The Morgan fingerprint density at radius 1 is 1.26 bits per heavy atom. The summed E-state index contributed by atoms with van der Waals surface area (Å²) in [7, 11) is -1.30. The number of nitrogens with two attached hydrogens (primary N) is 1. The largest absolute Gasteiger partial charge is 0.398 e. The molecule has 5 heteroatoms. The Hall–Kier alpha value is -1.20. The van der Waals surface area contributed by atoms with Crippen LogP contribution in [0.3, 0.4) is 0 Å². The Balaban J connectivity index is 2.30. The fourth-order valence-electron chi connectivity index (χ4n) is 1.72. The molecule has 2 aromatic carbocycles. The highest BCUT2D eigenvalue weighted by atomic mass is 79.9. The lowest BCUT2D eigenvalue weighted by Gasteiger charge is -2.09. The van der Waals surface area contributed by atoms with Gasteiger partial charge in [-0.3, -0.25) is 4.21 Å². The number of anilines is 1. The number of hydrogen-bond donors (Lipinski definition) is 1. The van der Waals surface area contributed by atoms with Gasteiger partial charge in [0, 0.05) is 10.2 Å². The molecule has 0 saturated carbocycles. The van der Waals surface area contributed by atoms with E-state index in [0.717, 1.165) is 15.6 Å². The van der Waals surface area contributed by atoms with Crippen LogP contribution in [-0.2, 0) is 16.6 Å². The van der Waals surface area contributed by atoms with Gasteiger partial charge in [0.2, 0.25) is 0 Å². The standard InChI is InChI=1S/C14H13BrFNOS/c1-9-2-4-12(16)6-10(9)8-19(18)14-7-11(15)3-5-13(14)17/h2-7H,8,17H2,1H3. The van der Waals surface area contributed by atoms with E-state index in [4.69, 9.17) is 5.73 Å². The van der Waals surface area contributed by atoms with E-state index >= 15 is 0 Å². The summed E-state index contributed by atoms with van der Waals surface area (Å²) in [5, 5.41) is 0. The van der Waals surface area contributed by atoms with Gasteiger partial charge in [-0.2, -0.15) is 0 Å². The summed E-state index contributed by atoms with van der Waals surface area (Å²) >= 11 is 3.33. The third-order valence-corrected chi connectivity index (χ3v) is 4.73. The molecule has 0 bridgehead atoms. The minimum absolute atomic E-state index is 0.254. The maximum Gasteiger partial charge on any atom is 0.123 e. The van der Waals surface area contributed by atoms with E-state index in [1.165, 1.54) is 12.1 Å². The van der Waals surface area contributed by atoms with Crippen molar-refractivity contribution in [3.8, 4) is 0 Å². The minimum Gasteiger partial charge on any atom is -0.398 e. The molecule has 0 radical (unpaired) electrons. The molecule has 1 atom stereocenters. The smallest absolute Gasteiger partial charge is 0.123 e. The zero-order valence-electron chi connectivity index (χ0n) is 10.3. The number of hydrogen-bond acceptors (Lipinski definition) is 2. The van der Waals surface area contributed by atoms with Crippen molar-refractivity contribution in [1.82, 2.24) is 0 Å². The summed E-state index contributed by atoms with van der Waals surface area (Å²) < 4.78 is 26.4. The number of benzene rings is 2. The molecule has 2 nitrogen and oxygen atoms in total. The van der Waals surface area contributed by atoms with Gasteiger partial charge in [0.25, 0.3) is 0 Å². The molecular formula is C14H13BrFNOS. The molecule has 100 valence electrons. The van der Waals surface area contributed by atoms with E-state index in [1.807, 2.05) is 6.92 Å². The highest BCUT2D eigenvalue weighted by molar-refractivity contribution is 9.10. The Bertz CT molecular complexity index is 645. The van der Waals surface area contributed by atoms with Gasteiger partial charge in [0.1, 0.15) is 5.82 Å². The van der Waals surface area contributed by atoms with Crippen LogP contribution in [0, 0.1) is 12.7 Å². The van der Waals surface area contributed by atoms with Crippen molar-refractivity contribution in [2.45, 2.75) is 17.6 Å². The quantitative estimate of drug-likeness (QED) is 0.863. The Morgan fingerprint density at radius 3 is 2.74 bits per heavy atom. The first-order valence-electron chi connectivity index (χ1n) is 5.66. The molecule has 19 heavy (non-hydrogen) atoms. The predicted molar refractivity (Wildman–Crippen MR) is 79.8 cm³/mol. The van der Waals surface area contributed by atoms with Crippen LogP contribution < -0.4 is 5.73 Å². The lowest BCUT2D eigenvalue weighted by atomic mass is 10.1. The molecule has 0 saturated heterocycles. The van der Waals surface area contributed by atoms with E-state index < -0.39 is 10.8 Å². The first-order valence-corrected chi connectivity index (χ1v) is 7.77. The Kier molecular flexibility index (Phi) is 4.37. The summed E-state index contributed by atoms with van der Waals surface area (Å²) in [4.78, 5) is 0.568. The van der Waals surface area contributed by atoms with Crippen molar-refractivity contribution in [1.29, 1.82) is 0 Å². The van der Waals surface area contributed by atoms with E-state index in [2.05, 4.69) is 15.9 Å². The zero-order chi connectivity index (χ0) is 14.0. The molecule has 0 amide bonds. The molecule has 0 aromatic heterocycles. The van der Waals surface area contributed by atoms with Gasteiger partial charge in [-0.1, -0.05) is 22.0 Å². The molecule has 0 fully saturated rings. The van der Waals surface area contributed by atoms with Crippen molar-refractivity contribution in [3.63, 3.8) is 0 Å². The van der Waals surface area contributed by atoms with Crippen LogP contribution in [0.15, 0.2) is 45.8 Å². The molecule has 2 rings (SSSR count). The van der Waals surface area contributed by atoms with Crippen molar-refractivity contribution < 1.29 is 8.60 Å². The highest BCUT2D eigenvalue weighted by Crippen LogP contribution is 2.24. The average molecular weight is 342 g/mol. The topological polar surface area (TPSA) is 43.1 Å². The van der Waals surface area contributed by atoms with Gasteiger partial charge in [-0.25, -0.2) is 4.39 Å². The minimum atomic E-state index is -1.30. The second-order valence-electron chi connectivity index (χ2n) is 4.24. The second kappa shape index (κ2) is 5.84. The van der Waals surface area contributed by atoms with E-state index in [9.17, 15) is 8.60 Å². The van der Waals surface area contributed by atoms with E-state index in [0.29, 0.717) is 10.6 Å². The second-order valence-corrected chi connectivity index (χ2v) is 6.58.